The summed E-state index contributed by atoms with van der Waals surface area (Å²) in [6.45, 7) is 5.75. The molecule has 0 amide bonds. The summed E-state index contributed by atoms with van der Waals surface area (Å²) in [4.78, 5) is 0. The minimum atomic E-state index is 0.825. The van der Waals surface area contributed by atoms with Crippen LogP contribution in [0.3, 0.4) is 0 Å². The van der Waals surface area contributed by atoms with Gasteiger partial charge < -0.3 is 16.0 Å². The fourth-order valence-corrected chi connectivity index (χ4v) is 4.42. The lowest BCUT2D eigenvalue weighted by molar-refractivity contribution is 1.07. The number of hydrogen-bond acceptors (Lipinski definition) is 9. The second-order valence-corrected chi connectivity index (χ2v) is 8.09. The van der Waals surface area contributed by atoms with Crippen molar-refractivity contribution in [1.82, 2.24) is 20.4 Å². The van der Waals surface area contributed by atoms with Crippen molar-refractivity contribution in [3.05, 3.63) is 48.5 Å². The smallest absolute Gasteiger partial charge is 0.205 e. The zero-order chi connectivity index (χ0) is 20.1. The van der Waals surface area contributed by atoms with Gasteiger partial charge in [0.15, 0.2) is 5.01 Å². The second kappa shape index (κ2) is 8.97. The van der Waals surface area contributed by atoms with Crippen LogP contribution in [-0.2, 0) is 0 Å². The molecule has 29 heavy (non-hydrogen) atoms. The minimum absolute atomic E-state index is 0.825. The molecule has 0 unspecified atom stereocenters. The normalized spacial score (nSPS) is 10.7. The zero-order valence-electron chi connectivity index (χ0n) is 16.1. The van der Waals surface area contributed by atoms with E-state index >= 15 is 0 Å². The Balaban J connectivity index is 1.53. The van der Waals surface area contributed by atoms with Crippen molar-refractivity contribution in [1.29, 1.82) is 0 Å². The summed E-state index contributed by atoms with van der Waals surface area (Å²) in [6, 6.07) is 16.3. The fraction of sp³-hybridized carbons (Fsp3) is 0.200. The first kappa shape index (κ1) is 19.3. The predicted molar refractivity (Wildman–Crippen MR) is 122 cm³/mol. The maximum absolute atomic E-state index is 4.32. The lowest BCUT2D eigenvalue weighted by Crippen LogP contribution is -1.94. The van der Waals surface area contributed by atoms with Gasteiger partial charge in [-0.1, -0.05) is 34.8 Å². The van der Waals surface area contributed by atoms with Crippen molar-refractivity contribution in [2.45, 2.75) is 13.8 Å². The first-order chi connectivity index (χ1) is 14.3. The van der Waals surface area contributed by atoms with Crippen LogP contribution in [0, 0.1) is 0 Å². The molecule has 0 aliphatic heterocycles. The van der Waals surface area contributed by atoms with E-state index in [-0.39, 0.29) is 0 Å². The summed E-state index contributed by atoms with van der Waals surface area (Å²) in [5.74, 6) is 0. The van der Waals surface area contributed by atoms with Crippen molar-refractivity contribution in [2.24, 2.45) is 0 Å². The molecule has 3 N–H and O–H groups in total. The zero-order valence-corrected chi connectivity index (χ0v) is 17.8. The van der Waals surface area contributed by atoms with Crippen LogP contribution in [0.25, 0.3) is 21.1 Å². The van der Waals surface area contributed by atoms with Gasteiger partial charge in [0, 0.05) is 35.6 Å². The molecule has 2 aromatic carbocycles. The third kappa shape index (κ3) is 4.52. The highest BCUT2D eigenvalue weighted by Gasteiger charge is 2.11. The summed E-state index contributed by atoms with van der Waals surface area (Å²) < 4.78 is 0. The lowest BCUT2D eigenvalue weighted by atomic mass is 10.1. The average molecular weight is 424 g/mol. The van der Waals surface area contributed by atoms with Crippen molar-refractivity contribution < 1.29 is 0 Å². The van der Waals surface area contributed by atoms with Crippen LogP contribution in [0.4, 0.5) is 21.6 Å². The molecule has 0 atom stereocenters. The highest BCUT2D eigenvalue weighted by molar-refractivity contribution is 7.18. The van der Waals surface area contributed by atoms with Gasteiger partial charge >= 0.3 is 0 Å². The number of nitrogens with zero attached hydrogens (tertiary/aromatic N) is 4. The Morgan fingerprint density at radius 3 is 2.03 bits per heavy atom. The third-order valence-corrected chi connectivity index (χ3v) is 5.92. The van der Waals surface area contributed by atoms with Crippen LogP contribution in [-0.4, -0.2) is 33.5 Å². The van der Waals surface area contributed by atoms with E-state index in [4.69, 9.17) is 0 Å². The first-order valence-corrected chi connectivity index (χ1v) is 11.0. The quantitative estimate of drug-likeness (QED) is 0.353. The summed E-state index contributed by atoms with van der Waals surface area (Å²) in [7, 11) is 0. The highest BCUT2D eigenvalue weighted by Crippen LogP contribution is 2.34. The molecule has 0 aliphatic carbocycles. The van der Waals surface area contributed by atoms with Crippen LogP contribution in [0.15, 0.2) is 48.5 Å². The minimum Gasteiger partial charge on any atom is -0.360 e. The molecule has 2 heterocycles. The Kier molecular flexibility index (Phi) is 5.97. The Bertz CT molecular complexity index is 1070. The van der Waals surface area contributed by atoms with Crippen molar-refractivity contribution in [2.75, 3.05) is 29.0 Å². The molecular formula is C20H21N7S2. The van der Waals surface area contributed by atoms with Crippen molar-refractivity contribution in [3.8, 4) is 21.1 Å². The van der Waals surface area contributed by atoms with Gasteiger partial charge in [-0.05, 0) is 50.2 Å². The molecule has 0 saturated carbocycles. The fourth-order valence-electron chi connectivity index (χ4n) is 2.75. The maximum atomic E-state index is 4.32. The number of aromatic nitrogens is 4. The van der Waals surface area contributed by atoms with Gasteiger partial charge in [0.2, 0.25) is 10.3 Å². The average Bonchev–Trinajstić information content (AvgIpc) is 3.40. The van der Waals surface area contributed by atoms with Gasteiger partial charge in [0.05, 0.1) is 0 Å². The van der Waals surface area contributed by atoms with Gasteiger partial charge in [-0.25, -0.2) is 0 Å². The van der Waals surface area contributed by atoms with Crippen LogP contribution in [0.5, 0.6) is 0 Å². The molecule has 0 bridgehead atoms. The molecule has 0 fully saturated rings. The summed E-state index contributed by atoms with van der Waals surface area (Å²) in [5.41, 5.74) is 4.06. The second-order valence-electron chi connectivity index (χ2n) is 6.13. The van der Waals surface area contributed by atoms with E-state index in [9.17, 15) is 0 Å². The van der Waals surface area contributed by atoms with Crippen LogP contribution >= 0.6 is 22.7 Å². The van der Waals surface area contributed by atoms with Crippen molar-refractivity contribution >= 4 is 44.3 Å². The number of rotatable bonds is 8. The Morgan fingerprint density at radius 1 is 0.724 bits per heavy atom. The molecule has 7 nitrogen and oxygen atoms in total. The molecule has 0 saturated heterocycles. The highest BCUT2D eigenvalue weighted by atomic mass is 32.1. The SMILES string of the molecule is CCNc1nnc(-c2ccc(Nc3ccccc3-c3nnc(NCC)s3)cc2)s1. The van der Waals surface area contributed by atoms with Crippen LogP contribution in [0.2, 0.25) is 0 Å². The molecule has 148 valence electrons. The molecular weight excluding hydrogens is 402 g/mol. The van der Waals surface area contributed by atoms with E-state index in [1.807, 2.05) is 44.2 Å². The van der Waals surface area contributed by atoms with Crippen LogP contribution < -0.4 is 16.0 Å². The molecule has 0 spiro atoms. The molecule has 0 aliphatic rings. The lowest BCUT2D eigenvalue weighted by Gasteiger charge is -2.10. The van der Waals surface area contributed by atoms with Crippen LogP contribution in [0.1, 0.15) is 13.8 Å². The standard InChI is InChI=1S/C20H21N7S2/c1-3-21-19-26-24-17(28-19)13-9-11-14(12-10-13)23-16-8-6-5-7-15(16)18-25-27-20(29-18)22-4-2/h5-12,23H,3-4H2,1-2H3,(H,21,26)(H,22,27). The summed E-state index contributed by atoms with van der Waals surface area (Å²) in [6.07, 6.45) is 0. The van der Waals surface area contributed by atoms with E-state index in [2.05, 4.69) is 54.5 Å². The molecule has 9 heteroatoms. The van der Waals surface area contributed by atoms with Gasteiger partial charge in [0.1, 0.15) is 5.01 Å². The number of para-hydroxylation sites is 1. The molecule has 4 aromatic rings. The van der Waals surface area contributed by atoms with E-state index < -0.39 is 0 Å². The Labute approximate surface area is 177 Å². The number of anilines is 4. The van der Waals surface area contributed by atoms with E-state index in [1.54, 1.807) is 22.7 Å². The number of hydrogen-bond donors (Lipinski definition) is 3. The summed E-state index contributed by atoms with van der Waals surface area (Å²) >= 11 is 3.10. The largest absolute Gasteiger partial charge is 0.360 e. The molecule has 4 rings (SSSR count). The van der Waals surface area contributed by atoms with E-state index in [0.717, 1.165) is 55.9 Å². The van der Waals surface area contributed by atoms with Gasteiger partial charge in [-0.3, -0.25) is 0 Å². The predicted octanol–water partition coefficient (Wildman–Crippen LogP) is 5.33. The van der Waals surface area contributed by atoms with E-state index in [0.29, 0.717) is 0 Å². The molecule has 2 aromatic heterocycles. The Hall–Kier alpha value is -3.04. The van der Waals surface area contributed by atoms with E-state index in [1.165, 1.54) is 0 Å². The number of benzene rings is 2. The monoisotopic (exact) mass is 423 g/mol. The number of nitrogens with one attached hydrogen (secondary N) is 3. The van der Waals surface area contributed by atoms with Gasteiger partial charge in [-0.2, -0.15) is 0 Å². The van der Waals surface area contributed by atoms with Gasteiger partial charge in [-0.15, -0.1) is 20.4 Å². The molecule has 0 radical (unpaired) electrons. The topological polar surface area (TPSA) is 87.7 Å². The maximum Gasteiger partial charge on any atom is 0.205 e. The first-order valence-electron chi connectivity index (χ1n) is 9.38. The van der Waals surface area contributed by atoms with Gasteiger partial charge in [0.25, 0.3) is 0 Å². The Morgan fingerprint density at radius 2 is 1.34 bits per heavy atom. The summed E-state index contributed by atoms with van der Waals surface area (Å²) in [5, 5.41) is 30.3. The van der Waals surface area contributed by atoms with Crippen molar-refractivity contribution in [3.63, 3.8) is 0 Å². The third-order valence-electron chi connectivity index (χ3n) is 4.07.